The summed E-state index contributed by atoms with van der Waals surface area (Å²) in [4.78, 5) is 24.5. The molecule has 0 aromatic carbocycles. The summed E-state index contributed by atoms with van der Waals surface area (Å²) in [5.41, 5.74) is 5.27. The van der Waals surface area contributed by atoms with Gasteiger partial charge >= 0.3 is 0 Å². The predicted octanol–water partition coefficient (Wildman–Crippen LogP) is 1.73. The van der Waals surface area contributed by atoms with Crippen LogP contribution in [0, 0.1) is 5.92 Å². The van der Waals surface area contributed by atoms with Crippen molar-refractivity contribution in [3.8, 4) is 0 Å². The second-order valence-corrected chi connectivity index (χ2v) is 6.57. The van der Waals surface area contributed by atoms with Crippen LogP contribution in [0.15, 0.2) is 9.47 Å². The summed E-state index contributed by atoms with van der Waals surface area (Å²) >= 11 is 6.53. The fourth-order valence-electron chi connectivity index (χ4n) is 1.93. The second kappa shape index (κ2) is 5.82. The number of amides is 2. The van der Waals surface area contributed by atoms with Crippen molar-refractivity contribution in [1.29, 1.82) is 0 Å². The van der Waals surface area contributed by atoms with E-state index in [0.717, 1.165) is 3.39 Å². The smallest absolute Gasteiger partial charge is 0.240 e. The van der Waals surface area contributed by atoms with Crippen molar-refractivity contribution in [1.82, 2.24) is 4.90 Å². The van der Waals surface area contributed by atoms with Crippen molar-refractivity contribution in [2.75, 3.05) is 6.54 Å². The molecule has 1 saturated heterocycles. The van der Waals surface area contributed by atoms with Gasteiger partial charge in [-0.1, -0.05) is 13.0 Å². The number of nitrogens with zero attached hydrogens (tertiary/aromatic N) is 1. The lowest BCUT2D eigenvalue weighted by molar-refractivity contribution is -0.136. The quantitative estimate of drug-likeness (QED) is 0.836. The molecular weight excluding hydrogens is 340 g/mol. The third-order valence-electron chi connectivity index (χ3n) is 2.64. The Morgan fingerprint density at radius 3 is 2.75 bits per heavy atom. The van der Waals surface area contributed by atoms with Gasteiger partial charge in [-0.15, -0.1) is 0 Å². The minimum Gasteiger partial charge on any atom is -0.368 e. The summed E-state index contributed by atoms with van der Waals surface area (Å²) in [6.07, 6.45) is 2.92. The van der Waals surface area contributed by atoms with Crippen molar-refractivity contribution in [3.63, 3.8) is 0 Å². The van der Waals surface area contributed by atoms with Gasteiger partial charge in [0.2, 0.25) is 11.8 Å². The topological polar surface area (TPSA) is 63.4 Å². The Labute approximate surface area is 111 Å². The highest BCUT2D eigenvalue weighted by Gasteiger charge is 2.34. The van der Waals surface area contributed by atoms with Crippen LogP contribution in [0.5, 0.6) is 0 Å². The van der Waals surface area contributed by atoms with Gasteiger partial charge in [-0.3, -0.25) is 9.59 Å². The standard InChI is InChI=1S/C10H14Br2N2O2/c1-2-7(10(13)16)14-5-6(3-8(11)12)4-9(14)15/h3,6-7H,2,4-5H2,1H3,(H2,13,16)/t6-,7-/m0/s1. The fraction of sp³-hybridized carbons (Fsp3) is 0.600. The van der Waals surface area contributed by atoms with Gasteiger partial charge in [-0.25, -0.2) is 0 Å². The van der Waals surface area contributed by atoms with Gasteiger partial charge < -0.3 is 10.6 Å². The number of likely N-dealkylation sites (tertiary alicyclic amines) is 1. The minimum absolute atomic E-state index is 0.00634. The molecule has 1 heterocycles. The Bertz CT molecular complexity index is 327. The van der Waals surface area contributed by atoms with Gasteiger partial charge in [0, 0.05) is 18.9 Å². The number of hydrogen-bond donors (Lipinski definition) is 1. The number of carbonyl (C=O) groups is 2. The Kier molecular flexibility index (Phi) is 4.98. The highest BCUT2D eigenvalue weighted by atomic mass is 79.9. The molecule has 1 aliphatic rings. The van der Waals surface area contributed by atoms with E-state index in [1.165, 1.54) is 0 Å². The molecule has 1 rings (SSSR count). The van der Waals surface area contributed by atoms with E-state index in [9.17, 15) is 9.59 Å². The first-order chi connectivity index (χ1) is 7.45. The summed E-state index contributed by atoms with van der Waals surface area (Å²) < 4.78 is 0.826. The van der Waals surface area contributed by atoms with Crippen LogP contribution in [0.2, 0.25) is 0 Å². The molecule has 0 bridgehead atoms. The number of rotatable bonds is 4. The number of hydrogen-bond acceptors (Lipinski definition) is 2. The number of primary amides is 1. The van der Waals surface area contributed by atoms with Crippen molar-refractivity contribution in [3.05, 3.63) is 9.47 Å². The molecule has 0 aromatic rings. The van der Waals surface area contributed by atoms with Gasteiger partial charge in [0.25, 0.3) is 0 Å². The summed E-state index contributed by atoms with van der Waals surface area (Å²) in [5.74, 6) is -0.304. The molecule has 0 aliphatic carbocycles. The first kappa shape index (κ1) is 13.7. The molecule has 2 N–H and O–H groups in total. The van der Waals surface area contributed by atoms with E-state index in [4.69, 9.17) is 5.73 Å². The molecule has 1 aliphatic heterocycles. The van der Waals surface area contributed by atoms with Gasteiger partial charge in [0.15, 0.2) is 0 Å². The fourth-order valence-corrected chi connectivity index (χ4v) is 2.67. The normalized spacial score (nSPS) is 22.1. The zero-order chi connectivity index (χ0) is 12.3. The van der Waals surface area contributed by atoms with Crippen LogP contribution in [-0.4, -0.2) is 29.3 Å². The van der Waals surface area contributed by atoms with Gasteiger partial charge in [0.1, 0.15) is 6.04 Å². The summed E-state index contributed by atoms with van der Waals surface area (Å²) in [6.45, 7) is 2.41. The maximum absolute atomic E-state index is 11.7. The van der Waals surface area contributed by atoms with Crippen LogP contribution >= 0.6 is 31.9 Å². The molecule has 16 heavy (non-hydrogen) atoms. The number of halogens is 2. The molecule has 0 saturated carbocycles. The molecule has 0 aromatic heterocycles. The van der Waals surface area contributed by atoms with Crippen LogP contribution in [0.25, 0.3) is 0 Å². The minimum atomic E-state index is -0.472. The van der Waals surface area contributed by atoms with Crippen LogP contribution in [0.3, 0.4) is 0 Å². The molecular formula is C10H14Br2N2O2. The van der Waals surface area contributed by atoms with Crippen LogP contribution in [0.1, 0.15) is 19.8 Å². The molecule has 0 unspecified atom stereocenters. The number of nitrogens with two attached hydrogens (primary N) is 1. The van der Waals surface area contributed by atoms with Crippen molar-refractivity contribution >= 4 is 43.7 Å². The number of carbonyl (C=O) groups excluding carboxylic acids is 2. The van der Waals surface area contributed by atoms with Crippen molar-refractivity contribution in [2.24, 2.45) is 11.7 Å². The molecule has 2 atom stereocenters. The Morgan fingerprint density at radius 1 is 1.69 bits per heavy atom. The molecule has 2 amide bonds. The molecule has 0 spiro atoms. The molecule has 1 fully saturated rings. The lowest BCUT2D eigenvalue weighted by atomic mass is 10.1. The van der Waals surface area contributed by atoms with Gasteiger partial charge in [-0.2, -0.15) is 0 Å². The van der Waals surface area contributed by atoms with E-state index in [1.54, 1.807) is 4.90 Å². The zero-order valence-electron chi connectivity index (χ0n) is 8.95. The molecule has 0 radical (unpaired) electrons. The highest BCUT2D eigenvalue weighted by molar-refractivity contribution is 9.28. The van der Waals surface area contributed by atoms with Crippen LogP contribution in [0.4, 0.5) is 0 Å². The Balaban J connectivity index is 2.74. The summed E-state index contributed by atoms with van der Waals surface area (Å²) in [7, 11) is 0. The van der Waals surface area contributed by atoms with E-state index in [-0.39, 0.29) is 11.8 Å². The first-order valence-corrected chi connectivity index (χ1v) is 6.66. The van der Waals surface area contributed by atoms with Gasteiger partial charge in [-0.05, 0) is 38.3 Å². The monoisotopic (exact) mass is 352 g/mol. The van der Waals surface area contributed by atoms with Crippen LogP contribution < -0.4 is 5.73 Å². The lowest BCUT2D eigenvalue weighted by Crippen LogP contribution is -2.45. The van der Waals surface area contributed by atoms with E-state index in [0.29, 0.717) is 19.4 Å². The second-order valence-electron chi connectivity index (χ2n) is 3.79. The Morgan fingerprint density at radius 2 is 2.31 bits per heavy atom. The third-order valence-corrected chi connectivity index (χ3v) is 3.17. The highest BCUT2D eigenvalue weighted by Crippen LogP contribution is 2.26. The average Bonchev–Trinajstić information content (AvgIpc) is 2.46. The van der Waals surface area contributed by atoms with E-state index < -0.39 is 11.9 Å². The molecule has 4 nitrogen and oxygen atoms in total. The van der Waals surface area contributed by atoms with Crippen LogP contribution in [-0.2, 0) is 9.59 Å². The predicted molar refractivity (Wildman–Crippen MR) is 69.0 cm³/mol. The third kappa shape index (κ3) is 3.31. The van der Waals surface area contributed by atoms with E-state index in [1.807, 2.05) is 13.0 Å². The average molecular weight is 354 g/mol. The molecule has 90 valence electrons. The Hall–Kier alpha value is -0.360. The largest absolute Gasteiger partial charge is 0.368 e. The lowest BCUT2D eigenvalue weighted by Gasteiger charge is -2.24. The maximum atomic E-state index is 11.7. The van der Waals surface area contributed by atoms with E-state index >= 15 is 0 Å². The first-order valence-electron chi connectivity index (χ1n) is 5.07. The summed E-state index contributed by atoms with van der Waals surface area (Å²) in [6, 6.07) is -0.472. The molecule has 6 heteroatoms. The van der Waals surface area contributed by atoms with Gasteiger partial charge in [0.05, 0.1) is 3.39 Å². The van der Waals surface area contributed by atoms with E-state index in [2.05, 4.69) is 31.9 Å². The zero-order valence-corrected chi connectivity index (χ0v) is 12.1. The van der Waals surface area contributed by atoms with Crippen molar-refractivity contribution < 1.29 is 9.59 Å². The maximum Gasteiger partial charge on any atom is 0.240 e. The summed E-state index contributed by atoms with van der Waals surface area (Å²) in [5, 5.41) is 0. The SMILES string of the molecule is CC[C@@H](C(N)=O)N1C[C@@H](C=C(Br)Br)CC1=O. The van der Waals surface area contributed by atoms with Crippen molar-refractivity contribution in [2.45, 2.75) is 25.8 Å².